The third-order valence-corrected chi connectivity index (χ3v) is 24.0. The molecule has 4 heteroatoms. The molecule has 0 fully saturated rings. The van der Waals surface area contributed by atoms with Crippen LogP contribution in [-0.4, -0.2) is 11.3 Å². The van der Waals surface area contributed by atoms with Gasteiger partial charge >= 0.3 is 0 Å². The number of nitrogens with zero attached hydrogens (tertiary/aromatic N) is 3. The molecule has 0 saturated heterocycles. The Bertz CT molecular complexity index is 6560. The van der Waals surface area contributed by atoms with Crippen molar-refractivity contribution in [1.82, 2.24) is 4.57 Å². The molecule has 0 saturated carbocycles. The number of aromatic nitrogens is 1. The zero-order chi connectivity index (χ0) is 82.1. The molecule has 1 spiro atoms. The van der Waals surface area contributed by atoms with E-state index in [0.29, 0.717) is 11.1 Å². The molecule has 3 nitrogen and oxygen atoms in total. The summed E-state index contributed by atoms with van der Waals surface area (Å²) >= 11 is 0. The van der Waals surface area contributed by atoms with Crippen molar-refractivity contribution < 1.29 is 11.0 Å². The summed E-state index contributed by atoms with van der Waals surface area (Å²) in [6.07, 6.45) is 0. The molecule has 3 heterocycles. The van der Waals surface area contributed by atoms with Crippen molar-refractivity contribution in [2.45, 2.75) is 136 Å². The molecule has 4 aliphatic rings. The van der Waals surface area contributed by atoms with Crippen LogP contribution in [0.25, 0.3) is 94.3 Å². The molecule has 0 radical (unpaired) electrons. The first kappa shape index (κ1) is 59.6. The van der Waals surface area contributed by atoms with Crippen LogP contribution in [0.1, 0.15) is 165 Å². The van der Waals surface area contributed by atoms with Gasteiger partial charge in [0.1, 0.15) is 0 Å². The first-order chi connectivity index (χ1) is 55.6. The summed E-state index contributed by atoms with van der Waals surface area (Å²) in [5.41, 5.74) is 27.1. The van der Waals surface area contributed by atoms with Gasteiger partial charge in [0.05, 0.1) is 44.5 Å². The van der Waals surface area contributed by atoms with E-state index in [-0.39, 0.29) is 73.5 Å². The zero-order valence-corrected chi connectivity index (χ0v) is 65.1. The summed E-state index contributed by atoms with van der Waals surface area (Å²) < 4.78 is 80.5. The molecule has 19 rings (SSSR count). The van der Waals surface area contributed by atoms with Crippen LogP contribution in [0.2, 0.25) is 0 Å². The normalized spacial score (nSPS) is 15.1. The van der Waals surface area contributed by atoms with E-state index in [0.717, 1.165) is 134 Å². The van der Waals surface area contributed by atoms with Gasteiger partial charge in [-0.2, -0.15) is 0 Å². The van der Waals surface area contributed by atoms with Crippen molar-refractivity contribution in [2.75, 3.05) is 9.80 Å². The molecule has 2 aliphatic carbocycles. The molecule has 2 aliphatic heterocycles. The predicted octanol–water partition coefficient (Wildman–Crippen LogP) is 26.4. The highest BCUT2D eigenvalue weighted by Gasteiger charge is 2.53. The highest BCUT2D eigenvalue weighted by molar-refractivity contribution is 7.00. The Balaban J connectivity index is 1.02. The van der Waals surface area contributed by atoms with E-state index in [1.807, 2.05) is 24.3 Å². The predicted molar refractivity (Wildman–Crippen MR) is 466 cm³/mol. The van der Waals surface area contributed by atoms with Gasteiger partial charge in [0.2, 0.25) is 0 Å². The van der Waals surface area contributed by atoms with E-state index in [4.69, 9.17) is 0 Å². The van der Waals surface area contributed by atoms with E-state index >= 15 is 0 Å². The van der Waals surface area contributed by atoms with Crippen LogP contribution in [0.5, 0.6) is 0 Å². The van der Waals surface area contributed by atoms with E-state index in [1.54, 1.807) is 0 Å². The standard InChI is InChI=1S/C105H94BN3/c1-100(2,3)69-50-55-90(82(57-69)65-32-19-16-20-33-65)108-94-62-72(103(10,11)12)49-53-88(94)106-89-56-68(75-41-31-42-81-78-40-27-30-45-87(78)105(97(75)81)85-43-28-25-38-76(85)77-39-26-29-44-86(77)105)46-54-91(89)109(99-83(66-34-21-17-22-35-66)58-73(104(13,14)15)59-84(99)67-36-23-18-24-37-67)96-64-74(63-95(108)98(96)106)107-92-60-70(101(4,5)6)47-51-79(92)80-52-48-71(61-93(80)107)102(7,8)9/h16-64H,1-15H3/i25D,26D,28D,29D,38D,39D,43D,44D. The molecule has 15 aromatic rings. The van der Waals surface area contributed by atoms with Gasteiger partial charge in [0.15, 0.2) is 0 Å². The fraction of sp³-hybridized carbons (Fsp3) is 0.200. The van der Waals surface area contributed by atoms with Gasteiger partial charge in [-0.15, -0.1) is 0 Å². The van der Waals surface area contributed by atoms with Gasteiger partial charge in [-0.3, -0.25) is 0 Å². The first-order valence-electron chi connectivity index (χ1n) is 42.7. The first-order valence-corrected chi connectivity index (χ1v) is 38.7. The second kappa shape index (κ2) is 24.3. The van der Waals surface area contributed by atoms with Crippen molar-refractivity contribution in [3.8, 4) is 72.4 Å². The molecule has 0 amide bonds. The Labute approximate surface area is 656 Å². The van der Waals surface area contributed by atoms with Crippen molar-refractivity contribution in [3.63, 3.8) is 0 Å². The Hall–Kier alpha value is -11.5. The van der Waals surface area contributed by atoms with Crippen LogP contribution in [0.4, 0.5) is 34.1 Å². The number of hydrogen-bond acceptors (Lipinski definition) is 2. The van der Waals surface area contributed by atoms with Crippen molar-refractivity contribution in [1.29, 1.82) is 0 Å². The molecular weight excluding hydrogens is 1310 g/mol. The molecule has 1 aromatic heterocycles. The molecule has 0 N–H and O–H groups in total. The number of rotatable bonds is 7. The minimum absolute atomic E-state index is 0.0811. The monoisotopic (exact) mass is 1420 g/mol. The average Bonchev–Trinajstić information content (AvgIpc) is 1.51. The summed E-state index contributed by atoms with van der Waals surface area (Å²) in [6, 6.07) is 89.2. The molecule has 0 unspecified atom stereocenters. The number of hydrogen-bond donors (Lipinski definition) is 0. The van der Waals surface area contributed by atoms with E-state index in [9.17, 15) is 11.0 Å². The third kappa shape index (κ3) is 10.5. The molecule has 532 valence electrons. The van der Waals surface area contributed by atoms with E-state index < -0.39 is 36.3 Å². The second-order valence-corrected chi connectivity index (χ2v) is 35.9. The highest BCUT2D eigenvalue weighted by atomic mass is 15.2. The maximum atomic E-state index is 10.3. The number of benzene rings is 14. The van der Waals surface area contributed by atoms with Gasteiger partial charge < -0.3 is 14.4 Å². The summed E-state index contributed by atoms with van der Waals surface area (Å²) in [6.45, 7) is 34.1. The fourth-order valence-corrected chi connectivity index (χ4v) is 18.3. The van der Waals surface area contributed by atoms with Crippen LogP contribution in [0.3, 0.4) is 0 Å². The smallest absolute Gasteiger partial charge is 0.252 e. The van der Waals surface area contributed by atoms with Crippen LogP contribution in [0, 0.1) is 0 Å². The minimum Gasteiger partial charge on any atom is -0.311 e. The number of anilines is 6. The lowest BCUT2D eigenvalue weighted by atomic mass is 9.33. The molecule has 0 atom stereocenters. The zero-order valence-electron chi connectivity index (χ0n) is 73.1. The average molecular weight is 1420 g/mol. The Morgan fingerprint density at radius 3 is 1.30 bits per heavy atom. The van der Waals surface area contributed by atoms with Crippen molar-refractivity contribution in [3.05, 3.63) is 347 Å². The highest BCUT2D eigenvalue weighted by Crippen LogP contribution is 2.65. The molecular formula is C105H94BN3. The Morgan fingerprint density at radius 2 is 0.743 bits per heavy atom. The summed E-state index contributed by atoms with van der Waals surface area (Å²) in [5, 5.41) is 2.33. The van der Waals surface area contributed by atoms with Crippen LogP contribution >= 0.6 is 0 Å². The largest absolute Gasteiger partial charge is 0.311 e. The lowest BCUT2D eigenvalue weighted by molar-refractivity contribution is 0.590. The van der Waals surface area contributed by atoms with Gasteiger partial charge in [-0.1, -0.05) is 340 Å². The molecule has 0 bridgehead atoms. The minimum atomic E-state index is -1.67. The molecule has 14 aromatic carbocycles. The van der Waals surface area contributed by atoms with E-state index in [1.165, 1.54) is 27.8 Å². The topological polar surface area (TPSA) is 11.4 Å². The number of fused-ring (bicyclic) bond motifs is 17. The lowest BCUT2D eigenvalue weighted by Crippen LogP contribution is -2.61. The summed E-state index contributed by atoms with van der Waals surface area (Å²) in [5.74, 6) is 0. The second-order valence-electron chi connectivity index (χ2n) is 35.9. The van der Waals surface area contributed by atoms with E-state index in [2.05, 4.69) is 343 Å². The Morgan fingerprint density at radius 1 is 0.294 bits per heavy atom. The van der Waals surface area contributed by atoms with Gasteiger partial charge in [0, 0.05) is 50.2 Å². The quantitative estimate of drug-likeness (QED) is 0.147. The molecule has 109 heavy (non-hydrogen) atoms. The van der Waals surface area contributed by atoms with Crippen LogP contribution < -0.4 is 26.2 Å². The van der Waals surface area contributed by atoms with Crippen molar-refractivity contribution >= 4 is 79.0 Å². The maximum Gasteiger partial charge on any atom is 0.252 e. The Kier molecular flexibility index (Phi) is 13.3. The van der Waals surface area contributed by atoms with Gasteiger partial charge in [-0.05, 0) is 204 Å². The van der Waals surface area contributed by atoms with Gasteiger partial charge in [0.25, 0.3) is 6.71 Å². The fourth-order valence-electron chi connectivity index (χ4n) is 18.3. The maximum absolute atomic E-state index is 10.3. The SMILES string of the molecule is [2H]c1c([2H])c([2H])c2c(c1[2H])-c1c([2H])c([2H])c([2H])c([2H])c1C21c2ccccc2-c2cccc(-c3ccc4c(c3)B3c5ccc(C(C)(C)C)cc5N(c5ccc(C(C)(C)C)cc5-c5ccccc5)c5cc(-n6c7cc(C(C)(C)C)ccc7c7ccc(C(C)(C)C)cc76)cc(c53)N4c3c(-c4ccccc4)cc(C(C)(C)C)cc3-c3ccccc3)c21. The van der Waals surface area contributed by atoms with Crippen molar-refractivity contribution in [2.24, 2.45) is 0 Å². The van der Waals surface area contributed by atoms with Crippen LogP contribution in [0.15, 0.2) is 297 Å². The van der Waals surface area contributed by atoms with Gasteiger partial charge in [-0.25, -0.2) is 0 Å². The summed E-state index contributed by atoms with van der Waals surface area (Å²) in [4.78, 5) is 5.23. The van der Waals surface area contributed by atoms with Crippen LogP contribution in [-0.2, 0) is 32.5 Å². The lowest BCUT2D eigenvalue weighted by Gasteiger charge is -2.46. The summed E-state index contributed by atoms with van der Waals surface area (Å²) in [7, 11) is 0. The third-order valence-electron chi connectivity index (χ3n) is 24.0.